The summed E-state index contributed by atoms with van der Waals surface area (Å²) in [5, 5.41) is 0. The molecule has 1 fully saturated rings. The molecule has 1 saturated heterocycles. The van der Waals surface area contributed by atoms with E-state index in [2.05, 4.69) is 9.88 Å². The number of nitrogens with one attached hydrogen (secondary N) is 2. The molecule has 1 atom stereocenters. The largest absolute Gasteiger partial charge is 0.366 e. The van der Waals surface area contributed by atoms with Gasteiger partial charge in [-0.15, -0.1) is 0 Å². The number of benzene rings is 1. The predicted octanol–water partition coefficient (Wildman–Crippen LogP) is 0.579. The van der Waals surface area contributed by atoms with Gasteiger partial charge in [-0.3, -0.25) is 9.78 Å². The van der Waals surface area contributed by atoms with E-state index in [-0.39, 0.29) is 24.8 Å². The van der Waals surface area contributed by atoms with Gasteiger partial charge >= 0.3 is 5.69 Å². The van der Waals surface area contributed by atoms with Crippen molar-refractivity contribution in [1.29, 1.82) is 0 Å². The summed E-state index contributed by atoms with van der Waals surface area (Å²) in [6.07, 6.45) is 0. The fourth-order valence-corrected chi connectivity index (χ4v) is 5.01. The number of aromatic nitrogens is 2. The van der Waals surface area contributed by atoms with Gasteiger partial charge in [0, 0.05) is 37.1 Å². The van der Waals surface area contributed by atoms with E-state index in [0.717, 1.165) is 11.3 Å². The molecular weight excluding hydrogens is 356 g/mol. The molecule has 3 rings (SSSR count). The zero-order chi connectivity index (χ0) is 19.1. The summed E-state index contributed by atoms with van der Waals surface area (Å²) in [5.74, 6) is 0. The quantitative estimate of drug-likeness (QED) is 0.813. The van der Waals surface area contributed by atoms with E-state index in [1.165, 1.54) is 11.2 Å². The van der Waals surface area contributed by atoms with E-state index in [0.29, 0.717) is 6.54 Å². The first-order valence-electron chi connectivity index (χ1n) is 8.37. The van der Waals surface area contributed by atoms with Crippen LogP contribution in [-0.4, -0.2) is 48.4 Å². The molecule has 0 spiro atoms. The molecule has 0 bridgehead atoms. The Morgan fingerprint density at radius 1 is 1.04 bits per heavy atom. The van der Waals surface area contributed by atoms with Crippen LogP contribution in [0.4, 0.5) is 5.69 Å². The van der Waals surface area contributed by atoms with Gasteiger partial charge in [0.05, 0.1) is 0 Å². The third-order valence-corrected chi connectivity index (χ3v) is 6.65. The Hall–Kier alpha value is -2.39. The van der Waals surface area contributed by atoms with Crippen LogP contribution in [0.5, 0.6) is 0 Å². The SMILES string of the molecule is Cc1ccc(N2CCN(S(=O)(=O)c3c(C)[nH]c(=O)[nH]c3=O)C[C@@H]2C)cc1. The molecular formula is C17H22N4O4S. The van der Waals surface area contributed by atoms with Gasteiger partial charge in [0.15, 0.2) is 4.90 Å². The third kappa shape index (κ3) is 3.32. The first kappa shape index (κ1) is 18.4. The van der Waals surface area contributed by atoms with E-state index in [1.54, 1.807) is 0 Å². The molecule has 1 aromatic carbocycles. The van der Waals surface area contributed by atoms with Crippen LogP contribution in [-0.2, 0) is 10.0 Å². The third-order valence-electron chi connectivity index (χ3n) is 4.63. The highest BCUT2D eigenvalue weighted by Gasteiger charge is 2.35. The summed E-state index contributed by atoms with van der Waals surface area (Å²) in [7, 11) is -3.99. The normalized spacial score (nSPS) is 18.9. The van der Waals surface area contributed by atoms with Crippen LogP contribution in [0.25, 0.3) is 0 Å². The van der Waals surface area contributed by atoms with Gasteiger partial charge in [-0.05, 0) is 32.9 Å². The zero-order valence-corrected chi connectivity index (χ0v) is 15.8. The zero-order valence-electron chi connectivity index (χ0n) is 14.9. The predicted molar refractivity (Wildman–Crippen MR) is 99.2 cm³/mol. The highest BCUT2D eigenvalue weighted by atomic mass is 32.2. The monoisotopic (exact) mass is 378 g/mol. The lowest BCUT2D eigenvalue weighted by Crippen LogP contribution is -2.54. The molecule has 26 heavy (non-hydrogen) atoms. The summed E-state index contributed by atoms with van der Waals surface area (Å²) in [5.41, 5.74) is 0.643. The Balaban J connectivity index is 1.87. The smallest absolute Gasteiger partial charge is 0.325 e. The van der Waals surface area contributed by atoms with Crippen molar-refractivity contribution < 1.29 is 8.42 Å². The molecule has 8 nitrogen and oxygen atoms in total. The van der Waals surface area contributed by atoms with Gasteiger partial charge in [-0.25, -0.2) is 13.2 Å². The maximum Gasteiger partial charge on any atom is 0.325 e. The van der Waals surface area contributed by atoms with Gasteiger partial charge in [0.1, 0.15) is 0 Å². The van der Waals surface area contributed by atoms with Crippen LogP contribution >= 0.6 is 0 Å². The molecule has 9 heteroatoms. The number of piperazine rings is 1. The van der Waals surface area contributed by atoms with Gasteiger partial charge < -0.3 is 9.88 Å². The number of anilines is 1. The molecule has 1 aliphatic rings. The highest BCUT2D eigenvalue weighted by molar-refractivity contribution is 7.89. The molecule has 0 unspecified atom stereocenters. The number of sulfonamides is 1. The van der Waals surface area contributed by atoms with Crippen molar-refractivity contribution in [3.05, 3.63) is 56.4 Å². The minimum Gasteiger partial charge on any atom is -0.366 e. The fraction of sp³-hybridized carbons (Fsp3) is 0.412. The second kappa shape index (κ2) is 6.73. The van der Waals surface area contributed by atoms with E-state index < -0.39 is 26.2 Å². The molecule has 2 N–H and O–H groups in total. The van der Waals surface area contributed by atoms with Gasteiger partial charge in [0.25, 0.3) is 5.56 Å². The molecule has 0 radical (unpaired) electrons. The van der Waals surface area contributed by atoms with Crippen LogP contribution in [0.2, 0.25) is 0 Å². The lowest BCUT2D eigenvalue weighted by atomic mass is 10.1. The Bertz CT molecular complexity index is 1020. The summed E-state index contributed by atoms with van der Waals surface area (Å²) >= 11 is 0. The van der Waals surface area contributed by atoms with E-state index >= 15 is 0 Å². The molecule has 1 aliphatic heterocycles. The lowest BCUT2D eigenvalue weighted by molar-refractivity contribution is 0.342. The molecule has 2 heterocycles. The van der Waals surface area contributed by atoms with E-state index in [9.17, 15) is 18.0 Å². The second-order valence-corrected chi connectivity index (χ2v) is 8.48. The first-order chi connectivity index (χ1) is 12.2. The maximum atomic E-state index is 12.9. The Kier molecular flexibility index (Phi) is 4.76. The number of nitrogens with zero attached hydrogens (tertiary/aromatic N) is 2. The minimum atomic E-state index is -3.99. The van der Waals surface area contributed by atoms with Gasteiger partial charge in [0.2, 0.25) is 10.0 Å². The van der Waals surface area contributed by atoms with Crippen LogP contribution in [0.15, 0.2) is 38.8 Å². The average Bonchev–Trinajstić information content (AvgIpc) is 2.54. The van der Waals surface area contributed by atoms with Crippen molar-refractivity contribution in [2.75, 3.05) is 24.5 Å². The first-order valence-corrected chi connectivity index (χ1v) is 9.81. The number of hydrogen-bond acceptors (Lipinski definition) is 5. The highest BCUT2D eigenvalue weighted by Crippen LogP contribution is 2.24. The van der Waals surface area contributed by atoms with Crippen molar-refractivity contribution in [2.24, 2.45) is 0 Å². The number of aromatic amines is 2. The molecule has 0 saturated carbocycles. The summed E-state index contributed by atoms with van der Waals surface area (Å²) in [4.78, 5) is 29.5. The van der Waals surface area contributed by atoms with Crippen LogP contribution in [0.3, 0.4) is 0 Å². The Labute approximate surface area is 151 Å². The van der Waals surface area contributed by atoms with Gasteiger partial charge in [-0.2, -0.15) is 4.31 Å². The average molecular weight is 378 g/mol. The fourth-order valence-electron chi connectivity index (χ4n) is 3.29. The summed E-state index contributed by atoms with van der Waals surface area (Å²) in [6.45, 7) is 6.42. The van der Waals surface area contributed by atoms with Crippen molar-refractivity contribution in [1.82, 2.24) is 14.3 Å². The standard InChI is InChI=1S/C17H22N4O4S/c1-11-4-6-14(7-5-11)21-9-8-20(10-12(21)2)26(24,25)15-13(3)18-17(23)19-16(15)22/h4-7,12H,8-10H2,1-3H3,(H2,18,19,22,23)/t12-/m0/s1. The topological polar surface area (TPSA) is 106 Å². The van der Waals surface area contributed by atoms with E-state index in [4.69, 9.17) is 0 Å². The molecule has 2 aromatic rings. The van der Waals surface area contributed by atoms with Crippen molar-refractivity contribution in [3.8, 4) is 0 Å². The van der Waals surface area contributed by atoms with Crippen LogP contribution in [0.1, 0.15) is 18.2 Å². The summed E-state index contributed by atoms with van der Waals surface area (Å²) < 4.78 is 27.2. The number of rotatable bonds is 3. The molecule has 0 aliphatic carbocycles. The van der Waals surface area contributed by atoms with Crippen molar-refractivity contribution >= 4 is 15.7 Å². The van der Waals surface area contributed by atoms with Crippen molar-refractivity contribution in [2.45, 2.75) is 31.7 Å². The van der Waals surface area contributed by atoms with E-state index in [1.807, 2.05) is 43.1 Å². The Morgan fingerprint density at radius 3 is 2.27 bits per heavy atom. The van der Waals surface area contributed by atoms with Gasteiger partial charge in [-0.1, -0.05) is 17.7 Å². The molecule has 1 aromatic heterocycles. The van der Waals surface area contributed by atoms with Crippen molar-refractivity contribution in [3.63, 3.8) is 0 Å². The lowest BCUT2D eigenvalue weighted by Gasteiger charge is -2.40. The van der Waals surface area contributed by atoms with Crippen LogP contribution < -0.4 is 16.1 Å². The maximum absolute atomic E-state index is 12.9. The number of hydrogen-bond donors (Lipinski definition) is 2. The minimum absolute atomic E-state index is 0.0485. The number of H-pyrrole nitrogens is 2. The Morgan fingerprint density at radius 2 is 1.69 bits per heavy atom. The molecule has 140 valence electrons. The molecule has 0 amide bonds. The van der Waals surface area contributed by atoms with Crippen LogP contribution in [0, 0.1) is 13.8 Å². The second-order valence-electron chi connectivity index (χ2n) is 6.60. The summed E-state index contributed by atoms with van der Waals surface area (Å²) in [6, 6.07) is 8.03. The number of aryl methyl sites for hydroxylation is 2.